The summed E-state index contributed by atoms with van der Waals surface area (Å²) >= 11 is 0. The van der Waals surface area contributed by atoms with Crippen LogP contribution in [0.5, 0.6) is 0 Å². The molecule has 1 saturated heterocycles. The van der Waals surface area contributed by atoms with Crippen molar-refractivity contribution in [1.82, 2.24) is 0 Å². The van der Waals surface area contributed by atoms with E-state index < -0.39 is 15.6 Å². The van der Waals surface area contributed by atoms with Crippen molar-refractivity contribution in [2.75, 3.05) is 36.0 Å². The van der Waals surface area contributed by atoms with Crippen molar-refractivity contribution in [2.45, 2.75) is 10.7 Å². The number of hydrogen-bond acceptors (Lipinski definition) is 4. The van der Waals surface area contributed by atoms with Gasteiger partial charge in [-0.05, 0) is 36.4 Å². The number of alkyl halides is 2. The molecule has 1 aliphatic rings. The summed E-state index contributed by atoms with van der Waals surface area (Å²) in [4.78, 5) is 3.48. The molecule has 1 aliphatic heterocycles. The molecule has 0 spiro atoms. The van der Waals surface area contributed by atoms with Crippen molar-refractivity contribution < 1.29 is 21.6 Å². The van der Waals surface area contributed by atoms with Gasteiger partial charge in [0.2, 0.25) is 9.84 Å². The van der Waals surface area contributed by atoms with E-state index >= 15 is 0 Å². The van der Waals surface area contributed by atoms with Crippen molar-refractivity contribution in [3.63, 3.8) is 0 Å². The number of benzene rings is 2. The number of nitrogens with zero attached hydrogens (tertiary/aromatic N) is 2. The van der Waals surface area contributed by atoms with Crippen LogP contribution in [0.1, 0.15) is 0 Å². The molecule has 134 valence electrons. The first-order chi connectivity index (χ1) is 11.9. The second-order valence-electron chi connectivity index (χ2n) is 5.72. The Bertz CT molecular complexity index is 833. The SMILES string of the molecule is O=S(=O)(c1ccccc1N1CCN(c2ccc(F)cc2)CC1)C(F)F. The molecule has 1 fully saturated rings. The summed E-state index contributed by atoms with van der Waals surface area (Å²) < 4.78 is 62.6. The minimum atomic E-state index is -4.66. The lowest BCUT2D eigenvalue weighted by Gasteiger charge is -2.38. The van der Waals surface area contributed by atoms with Gasteiger partial charge in [-0.25, -0.2) is 12.8 Å². The smallest absolute Gasteiger partial charge is 0.341 e. The summed E-state index contributed by atoms with van der Waals surface area (Å²) in [6.45, 7) is 2.11. The molecule has 4 nitrogen and oxygen atoms in total. The zero-order chi connectivity index (χ0) is 18.0. The van der Waals surface area contributed by atoms with Gasteiger partial charge in [0.05, 0.1) is 10.6 Å². The van der Waals surface area contributed by atoms with Crippen LogP contribution in [0.3, 0.4) is 0 Å². The van der Waals surface area contributed by atoms with Crippen molar-refractivity contribution in [2.24, 2.45) is 0 Å². The van der Waals surface area contributed by atoms with Crippen LogP contribution in [0.15, 0.2) is 53.4 Å². The Morgan fingerprint density at radius 3 is 2.00 bits per heavy atom. The van der Waals surface area contributed by atoms with Crippen molar-refractivity contribution >= 4 is 21.2 Å². The quantitative estimate of drug-likeness (QED) is 0.829. The average Bonchev–Trinajstić information content (AvgIpc) is 2.62. The molecule has 0 amide bonds. The molecule has 3 rings (SSSR count). The molecule has 0 saturated carbocycles. The molecule has 0 aromatic heterocycles. The zero-order valence-electron chi connectivity index (χ0n) is 13.3. The molecule has 0 aliphatic carbocycles. The second kappa shape index (κ2) is 6.95. The van der Waals surface area contributed by atoms with E-state index in [9.17, 15) is 21.6 Å². The summed E-state index contributed by atoms with van der Waals surface area (Å²) in [5.41, 5.74) is 1.16. The van der Waals surface area contributed by atoms with Gasteiger partial charge >= 0.3 is 5.76 Å². The zero-order valence-corrected chi connectivity index (χ0v) is 14.1. The highest BCUT2D eigenvalue weighted by molar-refractivity contribution is 7.91. The van der Waals surface area contributed by atoms with E-state index in [0.717, 1.165) is 5.69 Å². The number of hydrogen-bond donors (Lipinski definition) is 0. The normalized spacial score (nSPS) is 15.7. The first-order valence-electron chi connectivity index (χ1n) is 7.76. The largest absolute Gasteiger partial charge is 0.368 e. The monoisotopic (exact) mass is 370 g/mol. The molecular formula is C17H17F3N2O2S. The molecule has 0 atom stereocenters. The number of sulfone groups is 1. The number of halogens is 3. The van der Waals surface area contributed by atoms with Gasteiger partial charge in [0.25, 0.3) is 0 Å². The average molecular weight is 370 g/mol. The second-order valence-corrected chi connectivity index (χ2v) is 7.61. The Labute approximate surface area is 144 Å². The van der Waals surface area contributed by atoms with Crippen LogP contribution in [0, 0.1) is 5.82 Å². The maximum Gasteiger partial charge on any atom is 0.341 e. The predicted octanol–water partition coefficient (Wildman–Crippen LogP) is 3.15. The molecule has 0 radical (unpaired) electrons. The summed E-state index contributed by atoms with van der Waals surface area (Å²) in [7, 11) is -4.66. The molecule has 0 bridgehead atoms. The van der Waals surface area contributed by atoms with Gasteiger partial charge in [-0.3, -0.25) is 0 Å². The standard InChI is InChI=1S/C17H17F3N2O2S/c18-13-5-7-14(8-6-13)21-9-11-22(12-10-21)15-3-1-2-4-16(15)25(23,24)17(19)20/h1-8,17H,9-12H2. The summed E-state index contributed by atoms with van der Waals surface area (Å²) in [5.74, 6) is -3.76. The number of piperazine rings is 1. The van der Waals surface area contributed by atoms with Crippen LogP contribution < -0.4 is 9.80 Å². The number of rotatable bonds is 4. The van der Waals surface area contributed by atoms with Gasteiger partial charge in [-0.2, -0.15) is 8.78 Å². The summed E-state index contributed by atoms with van der Waals surface area (Å²) in [6, 6.07) is 11.9. The van der Waals surface area contributed by atoms with Crippen LogP contribution in [-0.4, -0.2) is 40.4 Å². The van der Waals surface area contributed by atoms with Crippen LogP contribution in [0.4, 0.5) is 24.5 Å². The lowest BCUT2D eigenvalue weighted by molar-refractivity contribution is 0.235. The van der Waals surface area contributed by atoms with Crippen LogP contribution in [0.2, 0.25) is 0 Å². The van der Waals surface area contributed by atoms with Crippen molar-refractivity contribution in [3.05, 3.63) is 54.3 Å². The summed E-state index contributed by atoms with van der Waals surface area (Å²) in [5, 5.41) is 0. The van der Waals surface area contributed by atoms with Gasteiger partial charge in [0.15, 0.2) is 0 Å². The van der Waals surface area contributed by atoms with E-state index in [1.165, 1.54) is 24.3 Å². The maximum absolute atomic E-state index is 13.0. The van der Waals surface area contributed by atoms with Gasteiger partial charge in [0, 0.05) is 31.9 Å². The van der Waals surface area contributed by atoms with Gasteiger partial charge in [-0.15, -0.1) is 0 Å². The van der Waals surface area contributed by atoms with Gasteiger partial charge < -0.3 is 9.80 Å². The molecule has 25 heavy (non-hydrogen) atoms. The Kier molecular flexibility index (Phi) is 4.89. The number of anilines is 2. The fourth-order valence-corrected chi connectivity index (χ4v) is 3.86. The Morgan fingerprint density at radius 2 is 1.40 bits per heavy atom. The molecule has 0 unspecified atom stereocenters. The minimum Gasteiger partial charge on any atom is -0.368 e. The Balaban J connectivity index is 1.79. The first kappa shape index (κ1) is 17.6. The van der Waals surface area contributed by atoms with Crippen LogP contribution in [0.25, 0.3) is 0 Å². The molecule has 0 N–H and O–H groups in total. The fraction of sp³-hybridized carbons (Fsp3) is 0.294. The van der Waals surface area contributed by atoms with E-state index in [2.05, 4.69) is 0 Å². The predicted molar refractivity (Wildman–Crippen MR) is 90.5 cm³/mol. The Hall–Kier alpha value is -2.22. The van der Waals surface area contributed by atoms with E-state index in [1.807, 2.05) is 4.90 Å². The molecule has 2 aromatic carbocycles. The summed E-state index contributed by atoms with van der Waals surface area (Å²) in [6.07, 6.45) is 0. The maximum atomic E-state index is 13.0. The lowest BCUT2D eigenvalue weighted by atomic mass is 10.2. The highest BCUT2D eigenvalue weighted by Gasteiger charge is 2.31. The Morgan fingerprint density at radius 1 is 0.840 bits per heavy atom. The fourth-order valence-electron chi connectivity index (χ4n) is 2.91. The van der Waals surface area contributed by atoms with E-state index in [0.29, 0.717) is 31.9 Å². The third kappa shape index (κ3) is 3.58. The van der Waals surface area contributed by atoms with Gasteiger partial charge in [-0.1, -0.05) is 12.1 Å². The first-order valence-corrected chi connectivity index (χ1v) is 9.31. The van der Waals surface area contributed by atoms with Crippen LogP contribution in [-0.2, 0) is 9.84 Å². The topological polar surface area (TPSA) is 40.6 Å². The number of para-hydroxylation sites is 1. The molecular weight excluding hydrogens is 353 g/mol. The highest BCUT2D eigenvalue weighted by atomic mass is 32.2. The minimum absolute atomic E-state index is 0.293. The van der Waals surface area contributed by atoms with Crippen LogP contribution >= 0.6 is 0 Å². The lowest BCUT2D eigenvalue weighted by Crippen LogP contribution is -2.47. The van der Waals surface area contributed by atoms with Gasteiger partial charge in [0.1, 0.15) is 5.82 Å². The third-order valence-electron chi connectivity index (χ3n) is 4.22. The van der Waals surface area contributed by atoms with E-state index in [4.69, 9.17) is 0 Å². The van der Waals surface area contributed by atoms with E-state index in [-0.39, 0.29) is 10.7 Å². The van der Waals surface area contributed by atoms with E-state index in [1.54, 1.807) is 29.2 Å². The molecule has 8 heteroatoms. The third-order valence-corrected chi connectivity index (χ3v) is 5.65. The highest BCUT2D eigenvalue weighted by Crippen LogP contribution is 2.30. The van der Waals surface area contributed by atoms with Crippen molar-refractivity contribution in [1.29, 1.82) is 0 Å². The van der Waals surface area contributed by atoms with Crippen molar-refractivity contribution in [3.8, 4) is 0 Å². The molecule has 1 heterocycles. The molecule has 2 aromatic rings.